The van der Waals surface area contributed by atoms with Gasteiger partial charge in [-0.05, 0) is 32.6 Å². The number of rotatable bonds is 6. The van der Waals surface area contributed by atoms with Gasteiger partial charge in [0.1, 0.15) is 18.0 Å². The molecule has 1 amide bonds. The monoisotopic (exact) mass is 319 g/mol. The molecule has 0 saturated carbocycles. The molecule has 0 bridgehead atoms. The molecule has 1 aliphatic rings. The Morgan fingerprint density at radius 1 is 1.35 bits per heavy atom. The first-order valence-electron chi connectivity index (χ1n) is 8.61. The molecule has 0 aliphatic carbocycles. The largest absolute Gasteiger partial charge is 0.356 e. The van der Waals surface area contributed by atoms with E-state index in [-0.39, 0.29) is 5.91 Å². The molecule has 1 aliphatic heterocycles. The van der Waals surface area contributed by atoms with Crippen LogP contribution in [-0.2, 0) is 4.79 Å². The fourth-order valence-electron chi connectivity index (χ4n) is 3.08. The minimum atomic E-state index is 0.129. The summed E-state index contributed by atoms with van der Waals surface area (Å²) < 4.78 is 0. The van der Waals surface area contributed by atoms with Crippen molar-refractivity contribution < 1.29 is 4.79 Å². The lowest BCUT2D eigenvalue weighted by Crippen LogP contribution is -2.39. The number of anilines is 2. The Hall–Kier alpha value is -1.85. The highest BCUT2D eigenvalue weighted by atomic mass is 16.2. The lowest BCUT2D eigenvalue weighted by atomic mass is 10.0. The van der Waals surface area contributed by atoms with Crippen molar-refractivity contribution in [1.29, 1.82) is 0 Å². The number of aromatic nitrogens is 2. The van der Waals surface area contributed by atoms with E-state index in [1.165, 1.54) is 12.8 Å². The number of carbonyl (C=O) groups is 1. The Balaban J connectivity index is 2.05. The SMILES string of the molecule is CCN(CC)C(=O)CN(C)c1cc(N2CCCC(C)C2)ncn1. The van der Waals surface area contributed by atoms with Crippen LogP contribution in [0.5, 0.6) is 0 Å². The summed E-state index contributed by atoms with van der Waals surface area (Å²) in [6.45, 7) is 10.2. The topological polar surface area (TPSA) is 52.6 Å². The van der Waals surface area contributed by atoms with Gasteiger partial charge in [0.25, 0.3) is 0 Å². The van der Waals surface area contributed by atoms with Crippen molar-refractivity contribution in [3.63, 3.8) is 0 Å². The molecule has 1 atom stereocenters. The predicted octanol–water partition coefficient (Wildman–Crippen LogP) is 2.02. The molecule has 128 valence electrons. The lowest BCUT2D eigenvalue weighted by Gasteiger charge is -2.32. The molecule has 0 N–H and O–H groups in total. The third kappa shape index (κ3) is 4.56. The Morgan fingerprint density at radius 2 is 2.09 bits per heavy atom. The quantitative estimate of drug-likeness (QED) is 0.803. The molecule has 6 heteroatoms. The number of piperidine rings is 1. The van der Waals surface area contributed by atoms with Gasteiger partial charge in [-0.3, -0.25) is 4.79 Å². The van der Waals surface area contributed by atoms with Crippen molar-refractivity contribution >= 4 is 17.5 Å². The van der Waals surface area contributed by atoms with Gasteiger partial charge in [0.05, 0.1) is 6.54 Å². The lowest BCUT2D eigenvalue weighted by molar-refractivity contribution is -0.129. The van der Waals surface area contributed by atoms with Crippen LogP contribution in [0.3, 0.4) is 0 Å². The fourth-order valence-corrected chi connectivity index (χ4v) is 3.08. The molecule has 0 spiro atoms. The summed E-state index contributed by atoms with van der Waals surface area (Å²) in [5.74, 6) is 2.59. The highest BCUT2D eigenvalue weighted by Crippen LogP contribution is 2.23. The van der Waals surface area contributed by atoms with Gasteiger partial charge in [-0.1, -0.05) is 6.92 Å². The first-order valence-corrected chi connectivity index (χ1v) is 8.61. The van der Waals surface area contributed by atoms with Crippen molar-refractivity contribution in [2.24, 2.45) is 5.92 Å². The van der Waals surface area contributed by atoms with Crippen LogP contribution in [0.25, 0.3) is 0 Å². The van der Waals surface area contributed by atoms with Crippen molar-refractivity contribution in [2.45, 2.75) is 33.6 Å². The van der Waals surface area contributed by atoms with E-state index >= 15 is 0 Å². The summed E-state index contributed by atoms with van der Waals surface area (Å²) >= 11 is 0. The van der Waals surface area contributed by atoms with E-state index in [1.54, 1.807) is 6.33 Å². The Labute approximate surface area is 139 Å². The van der Waals surface area contributed by atoms with E-state index in [0.29, 0.717) is 12.5 Å². The second-order valence-corrected chi connectivity index (χ2v) is 6.35. The summed E-state index contributed by atoms with van der Waals surface area (Å²) in [5.41, 5.74) is 0. The van der Waals surface area contributed by atoms with Crippen LogP contribution in [0.2, 0.25) is 0 Å². The minimum Gasteiger partial charge on any atom is -0.356 e. The maximum atomic E-state index is 12.2. The average Bonchev–Trinajstić information content (AvgIpc) is 2.56. The summed E-state index contributed by atoms with van der Waals surface area (Å²) in [5, 5.41) is 0. The zero-order valence-corrected chi connectivity index (χ0v) is 14.8. The summed E-state index contributed by atoms with van der Waals surface area (Å²) in [7, 11) is 1.91. The molecule has 1 fully saturated rings. The standard InChI is InChI=1S/C17H29N5O/c1-5-21(6-2)17(23)12-20(4)15-10-16(19-13-18-15)22-9-7-8-14(3)11-22/h10,13-14H,5-9,11-12H2,1-4H3. The molecule has 1 unspecified atom stereocenters. The van der Waals surface area contributed by atoms with Crippen LogP contribution in [-0.4, -0.2) is 60.5 Å². The first-order chi connectivity index (χ1) is 11.0. The molecule has 6 nitrogen and oxygen atoms in total. The van der Waals surface area contributed by atoms with Crippen molar-refractivity contribution in [1.82, 2.24) is 14.9 Å². The molecule has 1 saturated heterocycles. The molecule has 2 rings (SSSR count). The van der Waals surface area contributed by atoms with E-state index in [2.05, 4.69) is 21.8 Å². The van der Waals surface area contributed by atoms with E-state index in [0.717, 1.165) is 37.8 Å². The van der Waals surface area contributed by atoms with Crippen LogP contribution in [0.15, 0.2) is 12.4 Å². The van der Waals surface area contributed by atoms with Crippen molar-refractivity contribution in [2.75, 3.05) is 49.6 Å². The molecule has 23 heavy (non-hydrogen) atoms. The second-order valence-electron chi connectivity index (χ2n) is 6.35. The third-order valence-electron chi connectivity index (χ3n) is 4.50. The van der Waals surface area contributed by atoms with Gasteiger partial charge in [0, 0.05) is 39.3 Å². The second kappa shape index (κ2) is 8.13. The highest BCUT2D eigenvalue weighted by molar-refractivity contribution is 5.81. The van der Waals surface area contributed by atoms with E-state index < -0.39 is 0 Å². The van der Waals surface area contributed by atoms with Crippen molar-refractivity contribution in [3.8, 4) is 0 Å². The maximum Gasteiger partial charge on any atom is 0.242 e. The summed E-state index contributed by atoms with van der Waals surface area (Å²) in [6.07, 6.45) is 4.09. The van der Waals surface area contributed by atoms with E-state index in [4.69, 9.17) is 0 Å². The van der Waals surface area contributed by atoms with Gasteiger partial charge >= 0.3 is 0 Å². The normalized spacial score (nSPS) is 17.9. The Kier molecular flexibility index (Phi) is 6.19. The summed E-state index contributed by atoms with van der Waals surface area (Å²) in [6, 6.07) is 1.99. The number of nitrogens with zero attached hydrogens (tertiary/aromatic N) is 5. The van der Waals surface area contributed by atoms with Crippen LogP contribution in [0.4, 0.5) is 11.6 Å². The molecule has 0 radical (unpaired) electrons. The molecule has 0 aromatic carbocycles. The molecule has 1 aromatic heterocycles. The van der Waals surface area contributed by atoms with Gasteiger partial charge in [0.2, 0.25) is 5.91 Å². The van der Waals surface area contributed by atoms with Gasteiger partial charge in [0.15, 0.2) is 0 Å². The minimum absolute atomic E-state index is 0.129. The molecular formula is C17H29N5O. The smallest absolute Gasteiger partial charge is 0.242 e. The number of likely N-dealkylation sites (N-methyl/N-ethyl adjacent to an activating group) is 2. The van der Waals surface area contributed by atoms with Gasteiger partial charge in [-0.2, -0.15) is 0 Å². The zero-order valence-electron chi connectivity index (χ0n) is 14.8. The zero-order chi connectivity index (χ0) is 16.8. The van der Waals surface area contributed by atoms with Gasteiger partial charge in [-0.25, -0.2) is 9.97 Å². The predicted molar refractivity (Wildman–Crippen MR) is 93.8 cm³/mol. The molecule has 2 heterocycles. The van der Waals surface area contributed by atoms with E-state index in [1.807, 2.05) is 36.8 Å². The van der Waals surface area contributed by atoms with Crippen LogP contribution < -0.4 is 9.80 Å². The van der Waals surface area contributed by atoms with Crippen LogP contribution in [0.1, 0.15) is 33.6 Å². The number of amides is 1. The van der Waals surface area contributed by atoms with Crippen LogP contribution in [0, 0.1) is 5.92 Å². The molecule has 1 aromatic rings. The maximum absolute atomic E-state index is 12.2. The fraction of sp³-hybridized carbons (Fsp3) is 0.706. The average molecular weight is 319 g/mol. The number of hydrogen-bond acceptors (Lipinski definition) is 5. The first kappa shape index (κ1) is 17.5. The number of carbonyl (C=O) groups excluding carboxylic acids is 1. The van der Waals surface area contributed by atoms with E-state index in [9.17, 15) is 4.79 Å². The third-order valence-corrected chi connectivity index (χ3v) is 4.50. The van der Waals surface area contributed by atoms with Gasteiger partial charge < -0.3 is 14.7 Å². The van der Waals surface area contributed by atoms with Crippen molar-refractivity contribution in [3.05, 3.63) is 12.4 Å². The summed E-state index contributed by atoms with van der Waals surface area (Å²) in [4.78, 5) is 27.1. The molecular weight excluding hydrogens is 290 g/mol. The number of hydrogen-bond donors (Lipinski definition) is 0. The highest BCUT2D eigenvalue weighted by Gasteiger charge is 2.19. The van der Waals surface area contributed by atoms with Gasteiger partial charge in [-0.15, -0.1) is 0 Å². The Morgan fingerprint density at radius 3 is 2.74 bits per heavy atom. The Bertz CT molecular complexity index is 517. The van der Waals surface area contributed by atoms with Crippen LogP contribution >= 0.6 is 0 Å².